The number of hydrogen-bond acceptors (Lipinski definition) is 6. The molecule has 0 aliphatic rings. The Balaban J connectivity index is 1.66. The highest BCUT2D eigenvalue weighted by Crippen LogP contribution is 2.31. The van der Waals surface area contributed by atoms with Crippen LogP contribution in [-0.4, -0.2) is 23.0 Å². The summed E-state index contributed by atoms with van der Waals surface area (Å²) in [5.41, 5.74) is 1.49. The summed E-state index contributed by atoms with van der Waals surface area (Å²) >= 11 is 4.37. The Morgan fingerprint density at radius 3 is 2.54 bits per heavy atom. The second-order valence-electron chi connectivity index (χ2n) is 5.31. The molecule has 0 fully saturated rings. The Morgan fingerprint density at radius 2 is 1.85 bits per heavy atom. The van der Waals surface area contributed by atoms with Gasteiger partial charge < -0.3 is 4.74 Å². The highest BCUT2D eigenvalue weighted by Gasteiger charge is 2.18. The molecule has 132 valence electrons. The number of hydrogen-bond donors (Lipinski definition) is 1. The molecule has 0 atom stereocenters. The first kappa shape index (κ1) is 17.2. The molecule has 7 nitrogen and oxygen atoms in total. The van der Waals surface area contributed by atoms with E-state index in [9.17, 15) is 8.42 Å². The van der Waals surface area contributed by atoms with Crippen LogP contribution in [0.15, 0.2) is 63.5 Å². The van der Waals surface area contributed by atoms with Crippen LogP contribution in [-0.2, 0) is 10.0 Å². The van der Waals surface area contributed by atoms with E-state index in [2.05, 4.69) is 26.0 Å². The lowest BCUT2D eigenvalue weighted by molar-refractivity contribution is 0.479. The maximum atomic E-state index is 11.5. The molecule has 0 saturated carbocycles. The molecule has 2 heterocycles. The number of nitrogens with zero attached hydrogens (tertiary/aromatic N) is 3. The number of fused-ring (bicyclic) bond motifs is 1. The van der Waals surface area contributed by atoms with E-state index in [1.54, 1.807) is 6.20 Å². The summed E-state index contributed by atoms with van der Waals surface area (Å²) in [5, 5.41) is 9.18. The summed E-state index contributed by atoms with van der Waals surface area (Å²) < 4.78 is 30.9. The number of imidazole rings is 1. The predicted molar refractivity (Wildman–Crippen MR) is 102 cm³/mol. The molecule has 4 aromatic rings. The minimum Gasteiger partial charge on any atom is -0.456 e. The molecule has 0 aliphatic carbocycles. The van der Waals surface area contributed by atoms with Gasteiger partial charge in [0.05, 0.1) is 16.4 Å². The van der Waals surface area contributed by atoms with E-state index in [1.807, 2.05) is 48.5 Å². The van der Waals surface area contributed by atoms with Gasteiger partial charge in [0.15, 0.2) is 0 Å². The van der Waals surface area contributed by atoms with Crippen LogP contribution in [0.25, 0.3) is 16.2 Å². The number of aromatic nitrogens is 3. The maximum absolute atomic E-state index is 11.5. The van der Waals surface area contributed by atoms with Crippen molar-refractivity contribution in [2.45, 2.75) is 4.34 Å². The summed E-state index contributed by atoms with van der Waals surface area (Å²) in [7, 11) is -3.86. The van der Waals surface area contributed by atoms with Crippen LogP contribution in [0, 0.1) is 0 Å². The molecular weight excluding hydrogens is 440 g/mol. The Morgan fingerprint density at radius 1 is 1.12 bits per heavy atom. The van der Waals surface area contributed by atoms with Crippen molar-refractivity contribution in [3.05, 3.63) is 59.2 Å². The number of para-hydroxylation sites is 1. The lowest BCUT2D eigenvalue weighted by Crippen LogP contribution is -2.12. The second kappa shape index (κ2) is 6.47. The van der Waals surface area contributed by atoms with Crippen molar-refractivity contribution in [1.82, 2.24) is 14.6 Å². The van der Waals surface area contributed by atoms with Gasteiger partial charge in [-0.05, 0) is 52.3 Å². The number of rotatable bonds is 4. The molecule has 2 aromatic carbocycles. The molecule has 0 spiro atoms. The molecule has 0 unspecified atom stereocenters. The molecule has 26 heavy (non-hydrogen) atoms. The van der Waals surface area contributed by atoms with Crippen LogP contribution in [0.2, 0.25) is 0 Å². The molecule has 2 aromatic heterocycles. The van der Waals surface area contributed by atoms with Gasteiger partial charge in [-0.2, -0.15) is 0 Å². The largest absolute Gasteiger partial charge is 0.456 e. The minimum absolute atomic E-state index is 0.171. The highest BCUT2D eigenvalue weighted by atomic mass is 79.9. The first-order chi connectivity index (χ1) is 12.4. The van der Waals surface area contributed by atoms with Gasteiger partial charge in [0.1, 0.15) is 11.5 Å². The minimum atomic E-state index is -3.86. The molecule has 0 aliphatic heterocycles. The van der Waals surface area contributed by atoms with Gasteiger partial charge in [0, 0.05) is 5.56 Å². The zero-order chi connectivity index (χ0) is 18.3. The zero-order valence-electron chi connectivity index (χ0n) is 13.0. The number of halogens is 1. The topological polar surface area (TPSA) is 99.6 Å². The molecule has 0 saturated heterocycles. The van der Waals surface area contributed by atoms with Crippen molar-refractivity contribution in [2.75, 3.05) is 0 Å². The first-order valence-electron chi connectivity index (χ1n) is 7.32. The summed E-state index contributed by atoms with van der Waals surface area (Å²) in [4.78, 5) is 4.65. The van der Waals surface area contributed by atoms with Gasteiger partial charge in [-0.1, -0.05) is 23.5 Å². The van der Waals surface area contributed by atoms with Crippen LogP contribution in [0.3, 0.4) is 0 Å². The first-order valence-corrected chi connectivity index (χ1v) is 10.5. The fourth-order valence-electron chi connectivity index (χ4n) is 2.34. The van der Waals surface area contributed by atoms with Gasteiger partial charge in [-0.15, -0.1) is 5.10 Å². The van der Waals surface area contributed by atoms with E-state index in [-0.39, 0.29) is 4.34 Å². The van der Waals surface area contributed by atoms with Gasteiger partial charge in [-0.3, -0.25) is 0 Å². The SMILES string of the molecule is NS(=O)(=O)c1nn2c(-c3ccc(Oc4ccccc4Br)cc3)cnc2s1. The standard InChI is InChI=1S/C16H11BrN4O3S2/c17-12-3-1-2-4-14(12)24-11-7-5-10(6-8-11)13-9-19-15-21(13)20-16(25-15)26(18,22)23/h1-9H,(H2,18,22,23). The highest BCUT2D eigenvalue weighted by molar-refractivity contribution is 9.10. The van der Waals surface area contributed by atoms with Crippen molar-refractivity contribution in [3.63, 3.8) is 0 Å². The molecule has 10 heteroatoms. The van der Waals surface area contributed by atoms with E-state index in [4.69, 9.17) is 9.88 Å². The number of sulfonamides is 1. The Labute approximate surface area is 161 Å². The van der Waals surface area contributed by atoms with Gasteiger partial charge in [0.25, 0.3) is 10.0 Å². The normalized spacial score (nSPS) is 11.8. The third-order valence-corrected chi connectivity index (χ3v) is 6.41. The lowest BCUT2D eigenvalue weighted by atomic mass is 10.1. The third kappa shape index (κ3) is 3.23. The smallest absolute Gasteiger partial charge is 0.267 e. The number of benzene rings is 2. The van der Waals surface area contributed by atoms with E-state index in [0.29, 0.717) is 22.2 Å². The summed E-state index contributed by atoms with van der Waals surface area (Å²) in [6.07, 6.45) is 1.63. The van der Waals surface area contributed by atoms with E-state index >= 15 is 0 Å². The van der Waals surface area contributed by atoms with Crippen LogP contribution in [0.4, 0.5) is 0 Å². The maximum Gasteiger partial charge on any atom is 0.267 e. The lowest BCUT2D eigenvalue weighted by Gasteiger charge is -2.08. The average molecular weight is 451 g/mol. The van der Waals surface area contributed by atoms with Crippen molar-refractivity contribution >= 4 is 42.3 Å². The Bertz CT molecular complexity index is 1200. The Hall–Kier alpha value is -2.27. The van der Waals surface area contributed by atoms with E-state index in [1.165, 1.54) is 4.52 Å². The van der Waals surface area contributed by atoms with Crippen LogP contribution in [0.1, 0.15) is 0 Å². The summed E-state index contributed by atoms with van der Waals surface area (Å²) in [6.45, 7) is 0. The molecule has 0 bridgehead atoms. The quantitative estimate of drug-likeness (QED) is 0.511. The molecule has 2 N–H and O–H groups in total. The monoisotopic (exact) mass is 450 g/mol. The van der Waals surface area contributed by atoms with Crippen LogP contribution < -0.4 is 9.88 Å². The summed E-state index contributed by atoms with van der Waals surface area (Å²) in [5.74, 6) is 1.38. The molecular formula is C16H11BrN4O3S2. The average Bonchev–Trinajstić information content (AvgIpc) is 3.18. The van der Waals surface area contributed by atoms with Gasteiger partial charge in [0.2, 0.25) is 9.30 Å². The van der Waals surface area contributed by atoms with Crippen molar-refractivity contribution < 1.29 is 13.2 Å². The number of nitrogens with two attached hydrogens (primary N) is 1. The second-order valence-corrected chi connectivity index (χ2v) is 8.85. The fraction of sp³-hybridized carbons (Fsp3) is 0. The van der Waals surface area contributed by atoms with Crippen LogP contribution in [0.5, 0.6) is 11.5 Å². The van der Waals surface area contributed by atoms with E-state index in [0.717, 1.165) is 21.4 Å². The summed E-state index contributed by atoms with van der Waals surface area (Å²) in [6, 6.07) is 14.9. The number of primary sulfonamides is 1. The van der Waals surface area contributed by atoms with Crippen LogP contribution >= 0.6 is 27.3 Å². The Kier molecular flexibility index (Phi) is 4.27. The third-order valence-electron chi connectivity index (χ3n) is 3.52. The van der Waals surface area contributed by atoms with Crippen molar-refractivity contribution in [3.8, 4) is 22.8 Å². The zero-order valence-corrected chi connectivity index (χ0v) is 16.3. The predicted octanol–water partition coefficient (Wildman–Crippen LogP) is 3.66. The van der Waals surface area contributed by atoms with E-state index < -0.39 is 10.0 Å². The van der Waals surface area contributed by atoms with Gasteiger partial charge >= 0.3 is 0 Å². The van der Waals surface area contributed by atoms with Gasteiger partial charge in [-0.25, -0.2) is 23.1 Å². The number of ether oxygens (including phenoxy) is 1. The van der Waals surface area contributed by atoms with Crippen molar-refractivity contribution in [2.24, 2.45) is 5.14 Å². The molecule has 0 radical (unpaired) electrons. The molecule has 0 amide bonds. The fourth-order valence-corrected chi connectivity index (χ4v) is 4.19. The molecule has 4 rings (SSSR count). The van der Waals surface area contributed by atoms with Crippen molar-refractivity contribution in [1.29, 1.82) is 0 Å².